The molecule has 2 atom stereocenters. The summed E-state index contributed by atoms with van der Waals surface area (Å²) in [5, 5.41) is 16.2. The summed E-state index contributed by atoms with van der Waals surface area (Å²) in [6.45, 7) is 0.502. The van der Waals surface area contributed by atoms with E-state index in [0.29, 0.717) is 24.4 Å². The molecule has 5 nitrogen and oxygen atoms in total. The SMILES string of the molecule is O[C@H]1CN[C@H](c2nc(-c3ccccc3F)no2)C1. The minimum absolute atomic E-state index is 0.159. The largest absolute Gasteiger partial charge is 0.392 e. The van der Waals surface area contributed by atoms with Crippen LogP contribution >= 0.6 is 0 Å². The highest BCUT2D eigenvalue weighted by Crippen LogP contribution is 2.25. The molecule has 2 N–H and O–H groups in total. The van der Waals surface area contributed by atoms with Crippen molar-refractivity contribution in [2.24, 2.45) is 0 Å². The Hall–Kier alpha value is -1.79. The van der Waals surface area contributed by atoms with Crippen LogP contribution < -0.4 is 5.32 Å². The van der Waals surface area contributed by atoms with Gasteiger partial charge in [-0.3, -0.25) is 0 Å². The summed E-state index contributed by atoms with van der Waals surface area (Å²) in [5.74, 6) is 0.223. The average molecular weight is 249 g/mol. The Morgan fingerprint density at radius 1 is 1.39 bits per heavy atom. The van der Waals surface area contributed by atoms with Crippen molar-refractivity contribution in [1.82, 2.24) is 15.5 Å². The number of hydrogen-bond donors (Lipinski definition) is 2. The first kappa shape index (κ1) is 11.3. The number of benzene rings is 1. The molecule has 0 saturated carbocycles. The summed E-state index contributed by atoms with van der Waals surface area (Å²) in [5.41, 5.74) is 0.311. The van der Waals surface area contributed by atoms with E-state index in [1.807, 2.05) is 0 Å². The molecule has 1 saturated heterocycles. The van der Waals surface area contributed by atoms with Crippen LogP contribution in [0.4, 0.5) is 4.39 Å². The lowest BCUT2D eigenvalue weighted by Gasteiger charge is -2.01. The number of hydrogen-bond acceptors (Lipinski definition) is 5. The maximum atomic E-state index is 13.5. The molecule has 0 unspecified atom stereocenters. The van der Waals surface area contributed by atoms with E-state index in [-0.39, 0.29) is 17.7 Å². The van der Waals surface area contributed by atoms with Gasteiger partial charge in [-0.25, -0.2) is 4.39 Å². The molecular formula is C12H12FN3O2. The lowest BCUT2D eigenvalue weighted by atomic mass is 10.2. The van der Waals surface area contributed by atoms with Crippen LogP contribution in [0.15, 0.2) is 28.8 Å². The summed E-state index contributed by atoms with van der Waals surface area (Å²) >= 11 is 0. The maximum Gasteiger partial charge on any atom is 0.244 e. The Bertz CT molecular complexity index is 558. The van der Waals surface area contributed by atoms with Gasteiger partial charge < -0.3 is 14.9 Å². The van der Waals surface area contributed by atoms with Crippen LogP contribution in [-0.4, -0.2) is 27.9 Å². The summed E-state index contributed by atoms with van der Waals surface area (Å²) in [6.07, 6.45) is 0.123. The van der Waals surface area contributed by atoms with Crippen molar-refractivity contribution >= 4 is 0 Å². The Morgan fingerprint density at radius 2 is 2.22 bits per heavy atom. The monoisotopic (exact) mass is 249 g/mol. The molecule has 2 heterocycles. The van der Waals surface area contributed by atoms with E-state index in [2.05, 4.69) is 15.5 Å². The predicted octanol–water partition coefficient (Wildman–Crippen LogP) is 1.27. The number of aromatic nitrogens is 2. The third-order valence-electron chi connectivity index (χ3n) is 2.96. The molecule has 1 aliphatic rings. The van der Waals surface area contributed by atoms with E-state index in [9.17, 15) is 9.50 Å². The van der Waals surface area contributed by atoms with E-state index in [1.165, 1.54) is 6.07 Å². The van der Waals surface area contributed by atoms with Crippen LogP contribution in [0.1, 0.15) is 18.4 Å². The summed E-state index contributed by atoms with van der Waals surface area (Å²) in [7, 11) is 0. The highest BCUT2D eigenvalue weighted by molar-refractivity contribution is 5.54. The molecular weight excluding hydrogens is 237 g/mol. The van der Waals surface area contributed by atoms with Gasteiger partial charge in [-0.2, -0.15) is 4.98 Å². The van der Waals surface area contributed by atoms with Crippen LogP contribution in [0.3, 0.4) is 0 Å². The van der Waals surface area contributed by atoms with Crippen molar-refractivity contribution in [2.75, 3.05) is 6.54 Å². The van der Waals surface area contributed by atoms with Crippen LogP contribution in [0, 0.1) is 5.82 Å². The van der Waals surface area contributed by atoms with Crippen molar-refractivity contribution in [3.8, 4) is 11.4 Å². The summed E-state index contributed by atoms with van der Waals surface area (Å²) < 4.78 is 18.7. The zero-order valence-corrected chi connectivity index (χ0v) is 9.51. The molecule has 0 bridgehead atoms. The van der Waals surface area contributed by atoms with E-state index in [4.69, 9.17) is 4.52 Å². The van der Waals surface area contributed by atoms with Gasteiger partial charge in [0.15, 0.2) is 0 Å². The highest BCUT2D eigenvalue weighted by Gasteiger charge is 2.28. The first-order valence-electron chi connectivity index (χ1n) is 5.74. The van der Waals surface area contributed by atoms with E-state index >= 15 is 0 Å². The van der Waals surface area contributed by atoms with Crippen LogP contribution in [0.2, 0.25) is 0 Å². The number of aliphatic hydroxyl groups is 1. The van der Waals surface area contributed by atoms with Crippen molar-refractivity contribution in [3.63, 3.8) is 0 Å². The van der Waals surface area contributed by atoms with Gasteiger partial charge in [0.2, 0.25) is 11.7 Å². The molecule has 0 radical (unpaired) electrons. The number of halogens is 1. The van der Waals surface area contributed by atoms with E-state index in [0.717, 1.165) is 0 Å². The fourth-order valence-corrected chi connectivity index (χ4v) is 2.03. The molecule has 0 spiro atoms. The van der Waals surface area contributed by atoms with E-state index < -0.39 is 6.10 Å². The second-order valence-electron chi connectivity index (χ2n) is 4.29. The normalized spacial score (nSPS) is 23.4. The van der Waals surface area contributed by atoms with Gasteiger partial charge in [0.25, 0.3) is 0 Å². The quantitative estimate of drug-likeness (QED) is 0.838. The van der Waals surface area contributed by atoms with Crippen molar-refractivity contribution in [1.29, 1.82) is 0 Å². The summed E-state index contributed by atoms with van der Waals surface area (Å²) in [6, 6.07) is 6.11. The van der Waals surface area contributed by atoms with Gasteiger partial charge >= 0.3 is 0 Å². The van der Waals surface area contributed by atoms with Gasteiger partial charge in [0.05, 0.1) is 17.7 Å². The van der Waals surface area contributed by atoms with Crippen LogP contribution in [0.25, 0.3) is 11.4 Å². The molecule has 18 heavy (non-hydrogen) atoms. The van der Waals surface area contributed by atoms with Crippen LogP contribution in [0.5, 0.6) is 0 Å². The average Bonchev–Trinajstić information content (AvgIpc) is 2.98. The molecule has 0 amide bonds. The van der Waals surface area contributed by atoms with Gasteiger partial charge in [-0.15, -0.1) is 0 Å². The van der Waals surface area contributed by atoms with Gasteiger partial charge in [-0.1, -0.05) is 17.3 Å². The number of nitrogens with zero attached hydrogens (tertiary/aromatic N) is 2. The Labute approximate surface area is 103 Å². The third kappa shape index (κ3) is 2.00. The molecule has 6 heteroatoms. The van der Waals surface area contributed by atoms with Crippen LogP contribution in [-0.2, 0) is 0 Å². The molecule has 1 aliphatic heterocycles. The smallest absolute Gasteiger partial charge is 0.244 e. The van der Waals surface area contributed by atoms with Gasteiger partial charge in [-0.05, 0) is 18.6 Å². The number of β-amino-alcohol motifs (C(OH)–C–C–N with tert-alkyl or cyclic N) is 1. The number of rotatable bonds is 2. The second-order valence-corrected chi connectivity index (χ2v) is 4.29. The molecule has 3 rings (SSSR count). The lowest BCUT2D eigenvalue weighted by molar-refractivity contribution is 0.191. The zero-order valence-electron chi connectivity index (χ0n) is 9.51. The first-order chi connectivity index (χ1) is 8.74. The zero-order chi connectivity index (χ0) is 12.5. The molecule has 1 fully saturated rings. The fourth-order valence-electron chi connectivity index (χ4n) is 2.03. The molecule has 94 valence electrons. The van der Waals surface area contributed by atoms with Gasteiger partial charge in [0.1, 0.15) is 5.82 Å². The second kappa shape index (κ2) is 4.47. The minimum atomic E-state index is -0.404. The van der Waals surface area contributed by atoms with E-state index in [1.54, 1.807) is 18.2 Å². The maximum absolute atomic E-state index is 13.5. The van der Waals surface area contributed by atoms with Crippen molar-refractivity contribution < 1.29 is 14.0 Å². The molecule has 1 aromatic carbocycles. The standard InChI is InChI=1S/C12H12FN3O2/c13-9-4-2-1-3-8(9)11-15-12(18-16-11)10-5-7(17)6-14-10/h1-4,7,10,14,17H,5-6H2/t7-,10+/m1/s1. The minimum Gasteiger partial charge on any atom is -0.392 e. The molecule has 1 aromatic heterocycles. The predicted molar refractivity (Wildman–Crippen MR) is 61.1 cm³/mol. The Morgan fingerprint density at radius 3 is 2.94 bits per heavy atom. The topological polar surface area (TPSA) is 71.2 Å². The number of aliphatic hydroxyl groups excluding tert-OH is 1. The lowest BCUT2D eigenvalue weighted by Crippen LogP contribution is -2.15. The van der Waals surface area contributed by atoms with Gasteiger partial charge in [0, 0.05) is 6.54 Å². The number of nitrogens with one attached hydrogen (secondary N) is 1. The molecule has 0 aliphatic carbocycles. The highest BCUT2D eigenvalue weighted by atomic mass is 19.1. The van der Waals surface area contributed by atoms with Crippen molar-refractivity contribution in [2.45, 2.75) is 18.6 Å². The van der Waals surface area contributed by atoms with Crippen molar-refractivity contribution in [3.05, 3.63) is 36.0 Å². The Balaban J connectivity index is 1.88. The fraction of sp³-hybridized carbons (Fsp3) is 0.333. The third-order valence-corrected chi connectivity index (χ3v) is 2.96. The first-order valence-corrected chi connectivity index (χ1v) is 5.74. The Kier molecular flexibility index (Phi) is 2.81. The summed E-state index contributed by atoms with van der Waals surface area (Å²) in [4.78, 5) is 4.17. The molecule has 2 aromatic rings.